The molecule has 0 spiro atoms. The number of likely N-dealkylation sites (tertiary alicyclic amines) is 1. The summed E-state index contributed by atoms with van der Waals surface area (Å²) in [5.41, 5.74) is 1.59. The van der Waals surface area contributed by atoms with Crippen molar-refractivity contribution in [1.29, 1.82) is 0 Å². The molecule has 0 aliphatic carbocycles. The van der Waals surface area contributed by atoms with E-state index in [9.17, 15) is 4.79 Å². The minimum Gasteiger partial charge on any atom is -0.339 e. The van der Waals surface area contributed by atoms with E-state index in [1.807, 2.05) is 25.1 Å². The van der Waals surface area contributed by atoms with Crippen molar-refractivity contribution in [3.05, 3.63) is 17.5 Å². The summed E-state index contributed by atoms with van der Waals surface area (Å²) >= 11 is 0. The van der Waals surface area contributed by atoms with Crippen LogP contribution in [-0.2, 0) is 7.05 Å². The van der Waals surface area contributed by atoms with Crippen molar-refractivity contribution in [1.82, 2.24) is 20.0 Å². The Balaban J connectivity index is 0.00000161. The average molecular weight is 313 g/mol. The van der Waals surface area contributed by atoms with Gasteiger partial charge in [0, 0.05) is 32.4 Å². The number of aryl methyl sites for hydroxylation is 2. The van der Waals surface area contributed by atoms with E-state index >= 15 is 0 Å². The highest BCUT2D eigenvalue weighted by molar-refractivity contribution is 5.95. The lowest BCUT2D eigenvalue weighted by atomic mass is 9.88. The number of carbonyl (C=O) groups excluding carboxylic acids is 1. The summed E-state index contributed by atoms with van der Waals surface area (Å²) in [6.07, 6.45) is 6.70. The van der Waals surface area contributed by atoms with E-state index in [2.05, 4.69) is 10.4 Å². The molecule has 1 amide bonds. The third-order valence-corrected chi connectivity index (χ3v) is 4.74. The molecule has 21 heavy (non-hydrogen) atoms. The van der Waals surface area contributed by atoms with Crippen LogP contribution in [0.1, 0.15) is 41.7 Å². The van der Waals surface area contributed by atoms with Crippen molar-refractivity contribution in [3.63, 3.8) is 0 Å². The van der Waals surface area contributed by atoms with Crippen LogP contribution in [0.15, 0.2) is 6.20 Å². The highest BCUT2D eigenvalue weighted by Gasteiger charge is 2.30. The molecule has 2 fully saturated rings. The number of hydrogen-bond acceptors (Lipinski definition) is 3. The standard InChI is InChI=1S/C15H24N4O.ClH/c1-11-13(10-18(2)17-11)15(20)19-8-5-12(6-9-19)14-4-3-7-16-14;/h10,12,14,16H,3-9H2,1-2H3;1H. The quantitative estimate of drug-likeness (QED) is 0.905. The topological polar surface area (TPSA) is 50.2 Å². The molecule has 0 aromatic carbocycles. The first-order chi connectivity index (χ1) is 9.65. The van der Waals surface area contributed by atoms with Gasteiger partial charge in [-0.25, -0.2) is 0 Å². The zero-order valence-electron chi connectivity index (χ0n) is 12.8. The Labute approximate surface area is 132 Å². The SMILES string of the molecule is Cc1nn(C)cc1C(=O)N1CCC(C2CCCN2)CC1.Cl. The normalized spacial score (nSPS) is 23.1. The first kappa shape index (κ1) is 16.3. The lowest BCUT2D eigenvalue weighted by Gasteiger charge is -2.34. The van der Waals surface area contributed by atoms with Crippen molar-refractivity contribution in [2.24, 2.45) is 13.0 Å². The van der Waals surface area contributed by atoms with Crippen LogP contribution >= 0.6 is 12.4 Å². The summed E-state index contributed by atoms with van der Waals surface area (Å²) in [5.74, 6) is 0.893. The number of carbonyl (C=O) groups is 1. The average Bonchev–Trinajstić information content (AvgIpc) is 3.08. The number of hydrogen-bond donors (Lipinski definition) is 1. The zero-order chi connectivity index (χ0) is 14.1. The minimum atomic E-state index is 0. The molecule has 0 bridgehead atoms. The van der Waals surface area contributed by atoms with Crippen LogP contribution in [0.2, 0.25) is 0 Å². The Morgan fingerprint density at radius 3 is 2.57 bits per heavy atom. The highest BCUT2D eigenvalue weighted by Crippen LogP contribution is 2.26. The van der Waals surface area contributed by atoms with Gasteiger partial charge >= 0.3 is 0 Å². The molecule has 5 nitrogen and oxygen atoms in total. The van der Waals surface area contributed by atoms with E-state index in [0.717, 1.165) is 43.1 Å². The van der Waals surface area contributed by atoms with Crippen molar-refractivity contribution < 1.29 is 4.79 Å². The van der Waals surface area contributed by atoms with Crippen LogP contribution in [0.5, 0.6) is 0 Å². The van der Waals surface area contributed by atoms with Gasteiger partial charge in [0.25, 0.3) is 5.91 Å². The number of halogens is 1. The fourth-order valence-electron chi connectivity index (χ4n) is 3.60. The van der Waals surface area contributed by atoms with Gasteiger partial charge in [0.15, 0.2) is 0 Å². The van der Waals surface area contributed by atoms with Gasteiger partial charge in [0.2, 0.25) is 0 Å². The molecular weight excluding hydrogens is 288 g/mol. The molecule has 118 valence electrons. The van der Waals surface area contributed by atoms with Gasteiger partial charge in [-0.05, 0) is 45.1 Å². The van der Waals surface area contributed by atoms with Crippen LogP contribution < -0.4 is 5.32 Å². The second-order valence-corrected chi connectivity index (χ2v) is 6.13. The third-order valence-electron chi connectivity index (χ3n) is 4.74. The molecule has 2 saturated heterocycles. The molecule has 1 N–H and O–H groups in total. The van der Waals surface area contributed by atoms with Crippen molar-refractivity contribution in [3.8, 4) is 0 Å². The minimum absolute atomic E-state index is 0. The molecule has 0 saturated carbocycles. The van der Waals surface area contributed by atoms with Crippen LogP contribution in [0.3, 0.4) is 0 Å². The largest absolute Gasteiger partial charge is 0.339 e. The van der Waals surface area contributed by atoms with Crippen molar-refractivity contribution in [2.45, 2.75) is 38.6 Å². The molecule has 1 unspecified atom stereocenters. The maximum atomic E-state index is 12.5. The van der Waals surface area contributed by atoms with Gasteiger partial charge in [0.1, 0.15) is 0 Å². The van der Waals surface area contributed by atoms with Crippen molar-refractivity contribution >= 4 is 18.3 Å². The molecular formula is C15H25ClN4O. The maximum absolute atomic E-state index is 12.5. The molecule has 2 aliphatic heterocycles. The molecule has 1 atom stereocenters. The van der Waals surface area contributed by atoms with Gasteiger partial charge in [-0.1, -0.05) is 0 Å². The summed E-state index contributed by atoms with van der Waals surface area (Å²) in [6, 6.07) is 0.687. The number of amides is 1. The Morgan fingerprint density at radius 2 is 2.05 bits per heavy atom. The van der Waals surface area contributed by atoms with Gasteiger partial charge in [-0.2, -0.15) is 5.10 Å². The maximum Gasteiger partial charge on any atom is 0.257 e. The van der Waals surface area contributed by atoms with E-state index in [4.69, 9.17) is 0 Å². The molecule has 2 aliphatic rings. The highest BCUT2D eigenvalue weighted by atomic mass is 35.5. The number of piperidine rings is 1. The number of rotatable bonds is 2. The summed E-state index contributed by atoms with van der Waals surface area (Å²) in [6.45, 7) is 4.84. The second kappa shape index (κ2) is 6.79. The lowest BCUT2D eigenvalue weighted by molar-refractivity contribution is 0.0673. The Kier molecular flexibility index (Phi) is 5.27. The fourth-order valence-corrected chi connectivity index (χ4v) is 3.60. The summed E-state index contributed by atoms with van der Waals surface area (Å²) in [7, 11) is 1.86. The van der Waals surface area contributed by atoms with Crippen molar-refractivity contribution in [2.75, 3.05) is 19.6 Å². The van der Waals surface area contributed by atoms with E-state index in [-0.39, 0.29) is 18.3 Å². The molecule has 1 aromatic heterocycles. The Morgan fingerprint density at radius 1 is 1.33 bits per heavy atom. The summed E-state index contributed by atoms with van der Waals surface area (Å²) in [4.78, 5) is 14.5. The molecule has 3 rings (SSSR count). The number of nitrogens with zero attached hydrogens (tertiary/aromatic N) is 3. The molecule has 6 heteroatoms. The van der Waals surface area contributed by atoms with Crippen LogP contribution in [-0.4, -0.2) is 46.3 Å². The van der Waals surface area contributed by atoms with Gasteiger partial charge in [0.05, 0.1) is 11.3 Å². The Hall–Kier alpha value is -1.07. The first-order valence-electron chi connectivity index (χ1n) is 7.68. The number of aromatic nitrogens is 2. The zero-order valence-corrected chi connectivity index (χ0v) is 13.7. The predicted octanol–water partition coefficient (Wildman–Crippen LogP) is 1.75. The van der Waals surface area contributed by atoms with E-state index < -0.39 is 0 Å². The lowest BCUT2D eigenvalue weighted by Crippen LogP contribution is -2.43. The Bertz CT molecular complexity index is 488. The molecule has 3 heterocycles. The van der Waals surface area contributed by atoms with E-state index in [1.54, 1.807) is 4.68 Å². The van der Waals surface area contributed by atoms with Crippen LogP contribution in [0, 0.1) is 12.8 Å². The molecule has 0 radical (unpaired) electrons. The second-order valence-electron chi connectivity index (χ2n) is 6.13. The fraction of sp³-hybridized carbons (Fsp3) is 0.733. The summed E-state index contributed by atoms with van der Waals surface area (Å²) < 4.78 is 1.72. The number of nitrogens with one attached hydrogen (secondary N) is 1. The smallest absolute Gasteiger partial charge is 0.257 e. The van der Waals surface area contributed by atoms with Crippen LogP contribution in [0.4, 0.5) is 0 Å². The van der Waals surface area contributed by atoms with Gasteiger partial charge in [-0.3, -0.25) is 9.48 Å². The van der Waals surface area contributed by atoms with E-state index in [1.165, 1.54) is 19.4 Å². The first-order valence-corrected chi connectivity index (χ1v) is 7.68. The monoisotopic (exact) mass is 312 g/mol. The third kappa shape index (κ3) is 3.40. The van der Waals surface area contributed by atoms with E-state index in [0.29, 0.717) is 6.04 Å². The van der Waals surface area contributed by atoms with Crippen LogP contribution in [0.25, 0.3) is 0 Å². The summed E-state index contributed by atoms with van der Waals surface area (Å²) in [5, 5.41) is 7.86. The van der Waals surface area contributed by atoms with Gasteiger partial charge < -0.3 is 10.2 Å². The predicted molar refractivity (Wildman–Crippen MR) is 84.8 cm³/mol. The molecule has 1 aromatic rings. The van der Waals surface area contributed by atoms with Gasteiger partial charge in [-0.15, -0.1) is 12.4 Å².